The van der Waals surface area contributed by atoms with Crippen LogP contribution in [-0.4, -0.2) is 68.7 Å². The van der Waals surface area contributed by atoms with Crippen LogP contribution < -0.4 is 0 Å². The maximum absolute atomic E-state index is 13.7. The highest BCUT2D eigenvalue weighted by molar-refractivity contribution is 7.91. The molecule has 1 aromatic carbocycles. The molecule has 1 aliphatic carbocycles. The predicted octanol–water partition coefficient (Wildman–Crippen LogP) is 5.79. The summed E-state index contributed by atoms with van der Waals surface area (Å²) in [6.45, 7) is 15.1. The number of carbonyl (C=O) groups excluding carboxylic acids is 1. The van der Waals surface area contributed by atoms with E-state index in [1.165, 1.54) is 13.3 Å². The molecule has 0 fully saturated rings. The van der Waals surface area contributed by atoms with Crippen LogP contribution in [0.4, 0.5) is 13.2 Å². The number of esters is 1. The van der Waals surface area contributed by atoms with Gasteiger partial charge in [0.1, 0.15) is 17.2 Å². The first-order valence-electron chi connectivity index (χ1n) is 14.2. The first-order valence-corrected chi connectivity index (χ1v) is 17.6. The van der Waals surface area contributed by atoms with Gasteiger partial charge in [-0.05, 0) is 75.7 Å². The third-order valence-electron chi connectivity index (χ3n) is 7.96. The van der Waals surface area contributed by atoms with E-state index < -0.39 is 64.4 Å². The number of nitrogens with zero attached hydrogens (tertiary/aromatic N) is 3. The molecule has 3 rings (SSSR count). The molecule has 1 aliphatic heterocycles. The summed E-state index contributed by atoms with van der Waals surface area (Å²) in [7, 11) is -7.48. The van der Waals surface area contributed by atoms with Crippen LogP contribution in [0.15, 0.2) is 44.4 Å². The van der Waals surface area contributed by atoms with Gasteiger partial charge >= 0.3 is 12.1 Å². The normalized spacial score (nSPS) is 19.8. The van der Waals surface area contributed by atoms with E-state index in [0.29, 0.717) is 61.1 Å². The summed E-state index contributed by atoms with van der Waals surface area (Å²) in [6, 6.07) is 0.826. The molecular formula is C30H43F3N3O6S2+. The SMILES string of the molecule is CC(=[N+]1N=CC2=C1CCCC2N(C)S(=O)(=O)c1cc(C(F)(F)F)cc(S(C)(=O)=O)c1)C(C)(C)C(=O)OC(C)(C)CC(C)(C)C. The minimum absolute atomic E-state index is 0.0739. The summed E-state index contributed by atoms with van der Waals surface area (Å²) < 4.78 is 101. The van der Waals surface area contributed by atoms with E-state index >= 15 is 0 Å². The van der Waals surface area contributed by atoms with Gasteiger partial charge in [-0.25, -0.2) is 16.8 Å². The summed E-state index contributed by atoms with van der Waals surface area (Å²) in [5.41, 5.74) is -1.48. The van der Waals surface area contributed by atoms with Crippen molar-refractivity contribution >= 4 is 37.8 Å². The molecule has 0 saturated heterocycles. The Bertz CT molecular complexity index is 1650. The summed E-state index contributed by atoms with van der Waals surface area (Å²) in [4.78, 5) is 11.9. The zero-order chi connectivity index (χ0) is 33.8. The third-order valence-corrected chi connectivity index (χ3v) is 10.9. The molecule has 14 heteroatoms. The number of hydrazone groups is 1. The minimum atomic E-state index is -4.97. The molecular weight excluding hydrogens is 619 g/mol. The Morgan fingerprint density at radius 1 is 1.02 bits per heavy atom. The molecule has 0 spiro atoms. The van der Waals surface area contributed by atoms with Crippen LogP contribution in [0, 0.1) is 10.8 Å². The largest absolute Gasteiger partial charge is 0.459 e. The van der Waals surface area contributed by atoms with Crippen LogP contribution in [-0.2, 0) is 35.6 Å². The Balaban J connectivity index is 2.02. The fraction of sp³-hybridized carbons (Fsp3) is 0.633. The highest BCUT2D eigenvalue weighted by Gasteiger charge is 2.47. The van der Waals surface area contributed by atoms with Crippen molar-refractivity contribution in [2.45, 2.75) is 109 Å². The maximum Gasteiger partial charge on any atom is 0.416 e. The molecule has 0 aromatic heterocycles. The zero-order valence-electron chi connectivity index (χ0n) is 27.0. The van der Waals surface area contributed by atoms with Crippen molar-refractivity contribution in [3.8, 4) is 0 Å². The van der Waals surface area contributed by atoms with Crippen LogP contribution in [0.5, 0.6) is 0 Å². The average Bonchev–Trinajstić information content (AvgIpc) is 3.28. The van der Waals surface area contributed by atoms with E-state index in [0.717, 1.165) is 10.4 Å². The van der Waals surface area contributed by atoms with Gasteiger partial charge in [0.2, 0.25) is 21.4 Å². The Kier molecular flexibility index (Phi) is 9.51. The Hall–Kier alpha value is -2.58. The molecule has 1 unspecified atom stereocenters. The summed E-state index contributed by atoms with van der Waals surface area (Å²) in [6.07, 6.45) is -0.682. The Labute approximate surface area is 258 Å². The second-order valence-corrected chi connectivity index (χ2v) is 18.0. The number of rotatable bonds is 8. The van der Waals surface area contributed by atoms with Crippen LogP contribution in [0.2, 0.25) is 0 Å². The Morgan fingerprint density at radius 2 is 1.59 bits per heavy atom. The van der Waals surface area contributed by atoms with Crippen LogP contribution >= 0.6 is 0 Å². The first-order chi connectivity index (χ1) is 19.7. The number of alkyl halides is 3. The van der Waals surface area contributed by atoms with Gasteiger partial charge in [0.25, 0.3) is 0 Å². The molecule has 0 saturated carbocycles. The summed E-state index contributed by atoms with van der Waals surface area (Å²) in [5.74, 6) is -0.438. The zero-order valence-corrected chi connectivity index (χ0v) is 28.6. The molecule has 44 heavy (non-hydrogen) atoms. The van der Waals surface area contributed by atoms with Gasteiger partial charge in [-0.15, -0.1) is 0 Å². The lowest BCUT2D eigenvalue weighted by Crippen LogP contribution is -2.43. The van der Waals surface area contributed by atoms with E-state index in [1.807, 2.05) is 13.8 Å². The Morgan fingerprint density at radius 3 is 2.11 bits per heavy atom. The van der Waals surface area contributed by atoms with Crippen LogP contribution in [0.3, 0.4) is 0 Å². The number of ether oxygens (including phenoxy) is 1. The molecule has 246 valence electrons. The molecule has 2 aliphatic rings. The maximum atomic E-state index is 13.7. The lowest BCUT2D eigenvalue weighted by molar-refractivity contribution is -0.485. The molecule has 0 radical (unpaired) electrons. The van der Waals surface area contributed by atoms with E-state index in [1.54, 1.807) is 25.5 Å². The molecule has 0 bridgehead atoms. The standard InChI is InChI=1S/C30H43F3N3O6S2/c1-19(29(7,8)26(37)42-28(5,6)18-27(2,3)4)36-25-13-11-12-24(23(25)17-34-36)35(9)44(40,41)22-15-20(30(31,32)33)14-21(16-22)43(10,38)39/h14-17,24H,11-13,18H2,1-10H3/q+1. The van der Waals surface area contributed by atoms with Crippen molar-refractivity contribution in [3.05, 3.63) is 35.0 Å². The van der Waals surface area contributed by atoms with E-state index in [2.05, 4.69) is 25.9 Å². The quantitative estimate of drug-likeness (QED) is 0.257. The first kappa shape index (κ1) is 35.9. The van der Waals surface area contributed by atoms with E-state index in [4.69, 9.17) is 4.74 Å². The highest BCUT2D eigenvalue weighted by Crippen LogP contribution is 2.38. The second kappa shape index (κ2) is 11.7. The van der Waals surface area contributed by atoms with Gasteiger partial charge in [-0.2, -0.15) is 17.5 Å². The lowest BCUT2D eigenvalue weighted by Gasteiger charge is -2.34. The predicted molar refractivity (Wildman–Crippen MR) is 162 cm³/mol. The number of hydrogen-bond acceptors (Lipinski definition) is 7. The lowest BCUT2D eigenvalue weighted by atomic mass is 9.82. The summed E-state index contributed by atoms with van der Waals surface area (Å²) >= 11 is 0. The van der Waals surface area contributed by atoms with Crippen molar-refractivity contribution in [2.24, 2.45) is 15.9 Å². The molecule has 0 N–H and O–H groups in total. The second-order valence-electron chi connectivity index (χ2n) is 13.9. The fourth-order valence-corrected chi connectivity index (χ4v) is 7.93. The number of carbonyl (C=O) groups is 1. The number of likely N-dealkylation sites (N-methyl/N-ethyl adjacent to an activating group) is 1. The number of benzene rings is 1. The number of allylic oxidation sites excluding steroid dienone is 1. The van der Waals surface area contributed by atoms with Crippen molar-refractivity contribution in [3.63, 3.8) is 0 Å². The van der Waals surface area contributed by atoms with Gasteiger partial charge in [-0.1, -0.05) is 25.5 Å². The molecule has 9 nitrogen and oxygen atoms in total. The van der Waals surface area contributed by atoms with Crippen molar-refractivity contribution in [1.29, 1.82) is 0 Å². The van der Waals surface area contributed by atoms with E-state index in [-0.39, 0.29) is 5.41 Å². The van der Waals surface area contributed by atoms with Crippen molar-refractivity contribution in [1.82, 2.24) is 4.31 Å². The van der Waals surface area contributed by atoms with E-state index in [9.17, 15) is 34.8 Å². The van der Waals surface area contributed by atoms with Crippen molar-refractivity contribution in [2.75, 3.05) is 13.3 Å². The number of sulfone groups is 1. The highest BCUT2D eigenvalue weighted by atomic mass is 32.2. The van der Waals surface area contributed by atoms with Crippen molar-refractivity contribution < 1.29 is 44.2 Å². The monoisotopic (exact) mass is 662 g/mol. The third kappa shape index (κ3) is 7.61. The van der Waals surface area contributed by atoms with Gasteiger partial charge < -0.3 is 4.74 Å². The van der Waals surface area contributed by atoms with Gasteiger partial charge in [0.05, 0.1) is 27.0 Å². The number of sulfonamides is 1. The molecule has 1 heterocycles. The summed E-state index contributed by atoms with van der Waals surface area (Å²) in [5, 5.41) is 4.50. The van der Waals surface area contributed by atoms with Crippen LogP contribution in [0.1, 0.15) is 86.6 Å². The van der Waals surface area contributed by atoms with Crippen LogP contribution in [0.25, 0.3) is 0 Å². The molecule has 1 aromatic rings. The molecule has 0 amide bonds. The van der Waals surface area contributed by atoms with Gasteiger partial charge in [-0.3, -0.25) is 4.79 Å². The number of halogens is 3. The topological polar surface area (TPSA) is 113 Å². The van der Waals surface area contributed by atoms with Gasteiger partial charge in [0.15, 0.2) is 9.84 Å². The average molecular weight is 663 g/mol. The minimum Gasteiger partial charge on any atom is -0.459 e. The number of hydrogen-bond donors (Lipinski definition) is 0. The van der Waals surface area contributed by atoms with Gasteiger partial charge in [0, 0.05) is 26.6 Å². The fourth-order valence-electron chi connectivity index (χ4n) is 5.74. The smallest absolute Gasteiger partial charge is 0.416 e. The molecule has 1 atom stereocenters.